The van der Waals surface area contributed by atoms with Gasteiger partial charge in [0.15, 0.2) is 5.82 Å². The van der Waals surface area contributed by atoms with E-state index < -0.39 is 0 Å². The molecule has 8 heteroatoms. The van der Waals surface area contributed by atoms with Gasteiger partial charge in [-0.2, -0.15) is 0 Å². The molecule has 0 saturated heterocycles. The molecular formula is C18H16ClFN4OS. The van der Waals surface area contributed by atoms with E-state index >= 15 is 0 Å². The molecule has 1 atom stereocenters. The van der Waals surface area contributed by atoms with E-state index in [2.05, 4.69) is 20.5 Å². The van der Waals surface area contributed by atoms with Gasteiger partial charge in [-0.3, -0.25) is 9.89 Å². The van der Waals surface area contributed by atoms with Crippen LogP contribution in [0.4, 0.5) is 4.39 Å². The minimum Gasteiger partial charge on any atom is -0.349 e. The Balaban J connectivity index is 1.55. The Bertz CT molecular complexity index is 900. The number of H-pyrrole nitrogens is 1. The van der Waals surface area contributed by atoms with E-state index in [1.165, 1.54) is 17.8 Å². The predicted molar refractivity (Wildman–Crippen MR) is 101 cm³/mol. The molecule has 0 bridgehead atoms. The van der Waals surface area contributed by atoms with Crippen molar-refractivity contribution >= 4 is 29.3 Å². The third-order valence-electron chi connectivity index (χ3n) is 3.67. The third kappa shape index (κ3) is 4.62. The van der Waals surface area contributed by atoms with Crippen LogP contribution in [-0.2, 0) is 4.79 Å². The van der Waals surface area contributed by atoms with Crippen molar-refractivity contribution in [3.8, 4) is 11.4 Å². The van der Waals surface area contributed by atoms with Crippen LogP contribution in [0.2, 0.25) is 5.02 Å². The summed E-state index contributed by atoms with van der Waals surface area (Å²) in [5.41, 5.74) is 1.31. The molecule has 1 amide bonds. The predicted octanol–water partition coefficient (Wildman–Crippen LogP) is 4.23. The van der Waals surface area contributed by atoms with E-state index in [9.17, 15) is 9.18 Å². The van der Waals surface area contributed by atoms with Crippen molar-refractivity contribution in [1.82, 2.24) is 20.5 Å². The average Bonchev–Trinajstić information content (AvgIpc) is 3.09. The first-order valence-corrected chi connectivity index (χ1v) is 9.24. The molecule has 0 spiro atoms. The lowest BCUT2D eigenvalue weighted by molar-refractivity contribution is -0.119. The standard InChI is InChI=1S/C18H16ClFN4OS/c1-11(12-6-8-13(19)9-7-12)21-16(25)10-26-18-22-17(23-24-18)14-4-2-3-5-15(14)20/h2-9,11H,10H2,1H3,(H,21,25)(H,22,23,24). The van der Waals surface area contributed by atoms with Crippen molar-refractivity contribution in [3.05, 3.63) is 64.9 Å². The van der Waals surface area contributed by atoms with E-state index in [-0.39, 0.29) is 23.5 Å². The van der Waals surface area contributed by atoms with Gasteiger partial charge in [0.1, 0.15) is 5.82 Å². The smallest absolute Gasteiger partial charge is 0.230 e. The summed E-state index contributed by atoms with van der Waals surface area (Å²) >= 11 is 7.05. The van der Waals surface area contributed by atoms with Crippen LogP contribution in [-0.4, -0.2) is 26.8 Å². The summed E-state index contributed by atoms with van der Waals surface area (Å²) in [5.74, 6) is -0.0306. The zero-order chi connectivity index (χ0) is 18.5. The van der Waals surface area contributed by atoms with Crippen LogP contribution in [0.3, 0.4) is 0 Å². The lowest BCUT2D eigenvalue weighted by Gasteiger charge is -2.13. The zero-order valence-electron chi connectivity index (χ0n) is 13.9. The average molecular weight is 391 g/mol. The largest absolute Gasteiger partial charge is 0.349 e. The highest BCUT2D eigenvalue weighted by Crippen LogP contribution is 2.22. The van der Waals surface area contributed by atoms with Crippen molar-refractivity contribution in [2.45, 2.75) is 18.1 Å². The first-order valence-electron chi connectivity index (χ1n) is 7.88. The number of benzene rings is 2. The SMILES string of the molecule is CC(NC(=O)CSc1n[nH]c(-c2ccccc2F)n1)c1ccc(Cl)cc1. The van der Waals surface area contributed by atoms with E-state index in [0.717, 1.165) is 5.56 Å². The molecule has 26 heavy (non-hydrogen) atoms. The number of amides is 1. The fourth-order valence-corrected chi connectivity index (χ4v) is 3.07. The van der Waals surface area contributed by atoms with E-state index in [1.54, 1.807) is 30.3 Å². The molecule has 0 saturated carbocycles. The normalized spacial score (nSPS) is 12.0. The summed E-state index contributed by atoms with van der Waals surface area (Å²) in [6.45, 7) is 1.90. The molecule has 3 rings (SSSR count). The van der Waals surface area contributed by atoms with E-state index in [1.807, 2.05) is 19.1 Å². The van der Waals surface area contributed by atoms with Crippen LogP contribution < -0.4 is 5.32 Å². The summed E-state index contributed by atoms with van der Waals surface area (Å²) in [5, 5.41) is 10.7. The van der Waals surface area contributed by atoms with Crippen molar-refractivity contribution in [1.29, 1.82) is 0 Å². The Hall–Kier alpha value is -2.38. The fourth-order valence-electron chi connectivity index (χ4n) is 2.33. The maximum atomic E-state index is 13.8. The van der Waals surface area contributed by atoms with E-state index in [0.29, 0.717) is 21.6 Å². The fraction of sp³-hybridized carbons (Fsp3) is 0.167. The monoisotopic (exact) mass is 390 g/mol. The van der Waals surface area contributed by atoms with Crippen molar-refractivity contribution in [2.24, 2.45) is 0 Å². The van der Waals surface area contributed by atoms with Gasteiger partial charge in [-0.25, -0.2) is 9.37 Å². The molecule has 1 heterocycles. The molecule has 0 aliphatic rings. The Kier molecular flexibility index (Phi) is 5.90. The highest BCUT2D eigenvalue weighted by atomic mass is 35.5. The summed E-state index contributed by atoms with van der Waals surface area (Å²) in [6.07, 6.45) is 0. The number of aromatic nitrogens is 3. The molecule has 0 fully saturated rings. The third-order valence-corrected chi connectivity index (χ3v) is 4.77. The molecule has 2 N–H and O–H groups in total. The molecule has 0 radical (unpaired) electrons. The number of carbonyl (C=O) groups is 1. The molecule has 1 unspecified atom stereocenters. The molecule has 134 valence electrons. The summed E-state index contributed by atoms with van der Waals surface area (Å²) in [7, 11) is 0. The second-order valence-corrected chi connectivity index (χ2v) is 6.95. The number of rotatable bonds is 6. The van der Waals surface area contributed by atoms with Crippen LogP contribution in [0.1, 0.15) is 18.5 Å². The molecule has 2 aromatic carbocycles. The molecule has 1 aromatic heterocycles. The number of halogens is 2. The van der Waals surface area contributed by atoms with E-state index in [4.69, 9.17) is 11.6 Å². The van der Waals surface area contributed by atoms with Crippen molar-refractivity contribution < 1.29 is 9.18 Å². The van der Waals surface area contributed by atoms with Crippen molar-refractivity contribution in [3.63, 3.8) is 0 Å². The number of thioether (sulfide) groups is 1. The van der Waals surface area contributed by atoms with Gasteiger partial charge in [-0.05, 0) is 36.8 Å². The van der Waals surface area contributed by atoms with Crippen LogP contribution in [0.15, 0.2) is 53.7 Å². The lowest BCUT2D eigenvalue weighted by atomic mass is 10.1. The van der Waals surface area contributed by atoms with Gasteiger partial charge in [0.2, 0.25) is 11.1 Å². The first kappa shape index (κ1) is 18.4. The minimum atomic E-state index is -0.380. The number of hydrogen-bond donors (Lipinski definition) is 2. The van der Waals surface area contributed by atoms with Crippen molar-refractivity contribution in [2.75, 3.05) is 5.75 Å². The molecule has 0 aliphatic heterocycles. The summed E-state index contributed by atoms with van der Waals surface area (Å²) < 4.78 is 13.8. The lowest BCUT2D eigenvalue weighted by Crippen LogP contribution is -2.28. The number of hydrogen-bond acceptors (Lipinski definition) is 4. The zero-order valence-corrected chi connectivity index (χ0v) is 15.4. The van der Waals surface area contributed by atoms with Crippen LogP contribution >= 0.6 is 23.4 Å². The Labute approximate surface area is 159 Å². The number of nitrogens with one attached hydrogen (secondary N) is 2. The van der Waals surface area contributed by atoms with Gasteiger partial charge >= 0.3 is 0 Å². The van der Waals surface area contributed by atoms with Crippen LogP contribution in [0, 0.1) is 5.82 Å². The van der Waals surface area contributed by atoms with Gasteiger partial charge in [-0.1, -0.05) is 47.6 Å². The second-order valence-electron chi connectivity index (χ2n) is 5.58. The van der Waals surface area contributed by atoms with Crippen LogP contribution in [0.25, 0.3) is 11.4 Å². The number of carbonyl (C=O) groups excluding carboxylic acids is 1. The maximum Gasteiger partial charge on any atom is 0.230 e. The number of nitrogens with zero attached hydrogens (tertiary/aromatic N) is 2. The second kappa shape index (κ2) is 8.33. The Morgan fingerprint density at radius 2 is 2.00 bits per heavy atom. The highest BCUT2D eigenvalue weighted by Gasteiger charge is 2.13. The van der Waals surface area contributed by atoms with Gasteiger partial charge in [0.25, 0.3) is 0 Å². The molecular weight excluding hydrogens is 375 g/mol. The Morgan fingerprint density at radius 3 is 2.73 bits per heavy atom. The molecule has 5 nitrogen and oxygen atoms in total. The van der Waals surface area contributed by atoms with Crippen LogP contribution in [0.5, 0.6) is 0 Å². The Morgan fingerprint density at radius 1 is 1.27 bits per heavy atom. The summed E-state index contributed by atoms with van der Waals surface area (Å²) in [6, 6.07) is 13.5. The maximum absolute atomic E-state index is 13.8. The molecule has 0 aliphatic carbocycles. The first-order chi connectivity index (χ1) is 12.5. The molecule has 3 aromatic rings. The quantitative estimate of drug-likeness (QED) is 0.618. The highest BCUT2D eigenvalue weighted by molar-refractivity contribution is 7.99. The van der Waals surface area contributed by atoms with Gasteiger partial charge < -0.3 is 5.32 Å². The van der Waals surface area contributed by atoms with Gasteiger partial charge in [0.05, 0.1) is 17.4 Å². The van der Waals surface area contributed by atoms with Gasteiger partial charge in [-0.15, -0.1) is 5.10 Å². The number of aromatic amines is 1. The van der Waals surface area contributed by atoms with Gasteiger partial charge in [0, 0.05) is 5.02 Å². The summed E-state index contributed by atoms with van der Waals surface area (Å²) in [4.78, 5) is 16.3. The minimum absolute atomic E-state index is 0.138. The topological polar surface area (TPSA) is 70.7 Å².